The average Bonchev–Trinajstić information content (AvgIpc) is 3.63. The summed E-state index contributed by atoms with van der Waals surface area (Å²) in [5.41, 5.74) is 3.23. The molecule has 0 unspecified atom stereocenters. The van der Waals surface area contributed by atoms with Gasteiger partial charge in [-0.25, -0.2) is 9.67 Å². The fraction of sp³-hybridized carbons (Fsp3) is 0.0741. The number of rotatable bonds is 8. The number of amides is 2. The molecule has 0 fully saturated rings. The van der Waals surface area contributed by atoms with E-state index in [2.05, 4.69) is 36.2 Å². The minimum Gasteiger partial charge on any atom is -0.373 e. The molecule has 0 spiro atoms. The van der Waals surface area contributed by atoms with Gasteiger partial charge in [0.15, 0.2) is 5.69 Å². The standard InChI is InChI=1S/C27H23ClN8O2/c1-29-24-9-5-8-22(32-24)17-10-11-21(28)20(14-17)26(37)33-25-15-23(27(38)30-16-18-12-13-31-34-18)35-36(25)19-6-3-2-4-7-19/h2-15H,16H2,1H3,(H,29,32)(H,30,38)(H,31,34)(H,33,37). The van der Waals surface area contributed by atoms with Crippen molar-refractivity contribution in [3.63, 3.8) is 0 Å². The Balaban J connectivity index is 1.44. The first kappa shape index (κ1) is 24.7. The van der Waals surface area contributed by atoms with E-state index in [0.29, 0.717) is 23.0 Å². The second-order valence-electron chi connectivity index (χ2n) is 8.23. The van der Waals surface area contributed by atoms with E-state index in [1.165, 1.54) is 10.7 Å². The molecule has 0 radical (unpaired) electrons. The summed E-state index contributed by atoms with van der Waals surface area (Å²) in [5.74, 6) is 0.154. The largest absolute Gasteiger partial charge is 0.373 e. The normalized spacial score (nSPS) is 10.7. The van der Waals surface area contributed by atoms with Gasteiger partial charge in [-0.15, -0.1) is 0 Å². The molecule has 4 N–H and O–H groups in total. The number of carbonyl (C=O) groups excluding carboxylic acids is 2. The molecule has 38 heavy (non-hydrogen) atoms. The van der Waals surface area contributed by atoms with Gasteiger partial charge in [0, 0.05) is 24.9 Å². The third-order valence-corrected chi connectivity index (χ3v) is 6.02. The molecule has 0 saturated carbocycles. The van der Waals surface area contributed by atoms with Crippen LogP contribution in [0.1, 0.15) is 26.5 Å². The Labute approximate surface area is 223 Å². The zero-order chi connectivity index (χ0) is 26.5. The number of aromatic amines is 1. The van der Waals surface area contributed by atoms with Gasteiger partial charge in [0.05, 0.1) is 34.2 Å². The quantitative estimate of drug-likeness (QED) is 0.235. The maximum atomic E-state index is 13.4. The first-order chi connectivity index (χ1) is 18.5. The number of hydrogen-bond donors (Lipinski definition) is 4. The van der Waals surface area contributed by atoms with Crippen LogP contribution in [-0.2, 0) is 6.54 Å². The molecular formula is C27H23ClN8O2. The van der Waals surface area contributed by atoms with Crippen molar-refractivity contribution in [2.75, 3.05) is 17.7 Å². The summed E-state index contributed by atoms with van der Waals surface area (Å²) in [6.07, 6.45) is 1.60. The Hall–Kier alpha value is -4.96. The van der Waals surface area contributed by atoms with Crippen LogP contribution in [-0.4, -0.2) is 43.8 Å². The molecular weight excluding hydrogens is 504 g/mol. The van der Waals surface area contributed by atoms with Crippen LogP contribution in [0.2, 0.25) is 5.02 Å². The maximum absolute atomic E-state index is 13.4. The molecule has 0 aliphatic rings. The highest BCUT2D eigenvalue weighted by Crippen LogP contribution is 2.26. The highest BCUT2D eigenvalue weighted by atomic mass is 35.5. The van der Waals surface area contributed by atoms with Crippen molar-refractivity contribution < 1.29 is 9.59 Å². The Kier molecular flexibility index (Phi) is 7.14. The predicted molar refractivity (Wildman–Crippen MR) is 146 cm³/mol. The van der Waals surface area contributed by atoms with Gasteiger partial charge in [0.1, 0.15) is 11.6 Å². The molecule has 0 bridgehead atoms. The van der Waals surface area contributed by atoms with Gasteiger partial charge in [0.25, 0.3) is 11.8 Å². The monoisotopic (exact) mass is 526 g/mol. The summed E-state index contributed by atoms with van der Waals surface area (Å²) in [6, 6.07) is 23.2. The van der Waals surface area contributed by atoms with E-state index in [0.717, 1.165) is 11.3 Å². The molecule has 11 heteroatoms. The van der Waals surface area contributed by atoms with Crippen LogP contribution in [0.25, 0.3) is 16.9 Å². The number of para-hydroxylation sites is 1. The van der Waals surface area contributed by atoms with Gasteiger partial charge in [-0.05, 0) is 42.5 Å². The van der Waals surface area contributed by atoms with E-state index in [1.807, 2.05) is 48.5 Å². The number of anilines is 2. The number of halogens is 1. The summed E-state index contributed by atoms with van der Waals surface area (Å²) in [7, 11) is 1.79. The van der Waals surface area contributed by atoms with Crippen molar-refractivity contribution in [1.29, 1.82) is 0 Å². The van der Waals surface area contributed by atoms with Crippen LogP contribution >= 0.6 is 11.6 Å². The fourth-order valence-corrected chi connectivity index (χ4v) is 3.98. The number of benzene rings is 2. The topological polar surface area (TPSA) is 130 Å². The Morgan fingerprint density at radius 1 is 0.974 bits per heavy atom. The molecule has 190 valence electrons. The fourth-order valence-electron chi connectivity index (χ4n) is 3.77. The molecule has 2 amide bonds. The Morgan fingerprint density at radius 3 is 2.58 bits per heavy atom. The van der Waals surface area contributed by atoms with Gasteiger partial charge in [0.2, 0.25) is 0 Å². The number of nitrogens with one attached hydrogen (secondary N) is 4. The van der Waals surface area contributed by atoms with Crippen LogP contribution in [0.5, 0.6) is 0 Å². The lowest BCUT2D eigenvalue weighted by Crippen LogP contribution is -2.23. The molecule has 3 heterocycles. The lowest BCUT2D eigenvalue weighted by Gasteiger charge is -2.11. The third kappa shape index (κ3) is 5.40. The third-order valence-electron chi connectivity index (χ3n) is 5.69. The number of hydrogen-bond acceptors (Lipinski definition) is 6. The van der Waals surface area contributed by atoms with E-state index in [1.54, 1.807) is 37.5 Å². The van der Waals surface area contributed by atoms with Gasteiger partial charge < -0.3 is 16.0 Å². The highest BCUT2D eigenvalue weighted by Gasteiger charge is 2.20. The van der Waals surface area contributed by atoms with Crippen LogP contribution in [0, 0.1) is 0 Å². The second kappa shape index (κ2) is 11.0. The first-order valence-electron chi connectivity index (χ1n) is 11.7. The SMILES string of the molecule is CNc1cccc(-c2ccc(Cl)c(C(=O)Nc3cc(C(=O)NCc4ccn[nH]4)nn3-c3ccccc3)c2)n1. The molecule has 0 atom stereocenters. The molecule has 5 aromatic rings. The molecule has 10 nitrogen and oxygen atoms in total. The molecule has 3 aromatic heterocycles. The Bertz CT molecular complexity index is 1580. The Morgan fingerprint density at radius 2 is 1.82 bits per heavy atom. The molecule has 0 aliphatic carbocycles. The summed E-state index contributed by atoms with van der Waals surface area (Å²) in [6.45, 7) is 0.254. The van der Waals surface area contributed by atoms with Crippen molar-refractivity contribution in [1.82, 2.24) is 30.3 Å². The summed E-state index contributed by atoms with van der Waals surface area (Å²) in [5, 5.41) is 20.0. The molecule has 2 aromatic carbocycles. The van der Waals surface area contributed by atoms with E-state index in [4.69, 9.17) is 11.6 Å². The zero-order valence-electron chi connectivity index (χ0n) is 20.3. The summed E-state index contributed by atoms with van der Waals surface area (Å²) >= 11 is 6.42. The van der Waals surface area contributed by atoms with Crippen LogP contribution < -0.4 is 16.0 Å². The number of aromatic nitrogens is 5. The van der Waals surface area contributed by atoms with Crippen molar-refractivity contribution in [2.24, 2.45) is 0 Å². The lowest BCUT2D eigenvalue weighted by molar-refractivity contribution is 0.0944. The van der Waals surface area contributed by atoms with Gasteiger partial charge >= 0.3 is 0 Å². The molecule has 0 saturated heterocycles. The second-order valence-corrected chi connectivity index (χ2v) is 8.64. The summed E-state index contributed by atoms with van der Waals surface area (Å²) in [4.78, 5) is 30.8. The minimum absolute atomic E-state index is 0.136. The lowest BCUT2D eigenvalue weighted by atomic mass is 10.1. The van der Waals surface area contributed by atoms with Gasteiger partial charge in [-0.2, -0.15) is 10.2 Å². The van der Waals surface area contributed by atoms with E-state index < -0.39 is 11.8 Å². The highest BCUT2D eigenvalue weighted by molar-refractivity contribution is 6.34. The minimum atomic E-state index is -0.455. The smallest absolute Gasteiger partial charge is 0.272 e. The number of nitrogens with zero attached hydrogens (tertiary/aromatic N) is 4. The van der Waals surface area contributed by atoms with E-state index >= 15 is 0 Å². The first-order valence-corrected chi connectivity index (χ1v) is 12.1. The molecule has 0 aliphatic heterocycles. The van der Waals surface area contributed by atoms with Crippen molar-refractivity contribution in [2.45, 2.75) is 6.54 Å². The average molecular weight is 527 g/mol. The number of H-pyrrole nitrogens is 1. The van der Waals surface area contributed by atoms with Gasteiger partial charge in [-0.3, -0.25) is 14.7 Å². The van der Waals surface area contributed by atoms with E-state index in [-0.39, 0.29) is 22.8 Å². The maximum Gasteiger partial charge on any atom is 0.272 e. The van der Waals surface area contributed by atoms with Crippen LogP contribution in [0.4, 0.5) is 11.6 Å². The molecule has 5 rings (SSSR count). The van der Waals surface area contributed by atoms with Crippen molar-refractivity contribution >= 4 is 35.1 Å². The number of carbonyl (C=O) groups is 2. The summed E-state index contributed by atoms with van der Waals surface area (Å²) < 4.78 is 1.50. The predicted octanol–water partition coefficient (Wildman–Crippen LogP) is 4.53. The van der Waals surface area contributed by atoms with E-state index in [9.17, 15) is 9.59 Å². The number of pyridine rings is 1. The van der Waals surface area contributed by atoms with Crippen molar-refractivity contribution in [3.8, 4) is 16.9 Å². The van der Waals surface area contributed by atoms with Crippen LogP contribution in [0.3, 0.4) is 0 Å². The van der Waals surface area contributed by atoms with Gasteiger partial charge in [-0.1, -0.05) is 41.9 Å². The van der Waals surface area contributed by atoms with Crippen LogP contribution in [0.15, 0.2) is 85.1 Å². The zero-order valence-corrected chi connectivity index (χ0v) is 21.0. The van der Waals surface area contributed by atoms with Crippen molar-refractivity contribution in [3.05, 3.63) is 107 Å².